The van der Waals surface area contributed by atoms with E-state index in [9.17, 15) is 13.6 Å². The summed E-state index contributed by atoms with van der Waals surface area (Å²) in [6, 6.07) is 0. The molecule has 0 bridgehead atoms. The molecule has 0 saturated carbocycles. The first-order valence-electron chi connectivity index (χ1n) is 4.78. The van der Waals surface area contributed by atoms with Crippen molar-refractivity contribution in [3.63, 3.8) is 0 Å². The lowest BCUT2D eigenvalue weighted by atomic mass is 10.1. The SMILES string of the molecule is CC(C)C(=O)C(F)(F)O[C@@H](C)C(C)C. The maximum absolute atomic E-state index is 13.1. The molecule has 0 aromatic carbocycles. The Kier molecular flexibility index (Phi) is 4.65. The van der Waals surface area contributed by atoms with Gasteiger partial charge in [0.05, 0.1) is 6.10 Å². The number of alkyl halides is 2. The van der Waals surface area contributed by atoms with Crippen LogP contribution in [0.1, 0.15) is 34.6 Å². The van der Waals surface area contributed by atoms with Crippen LogP contribution in [0.5, 0.6) is 0 Å². The van der Waals surface area contributed by atoms with E-state index >= 15 is 0 Å². The van der Waals surface area contributed by atoms with Crippen molar-refractivity contribution in [1.82, 2.24) is 0 Å². The molecule has 0 aromatic rings. The van der Waals surface area contributed by atoms with Gasteiger partial charge in [0.15, 0.2) is 0 Å². The molecule has 0 aliphatic rings. The average Bonchev–Trinajstić information content (AvgIpc) is 2.01. The number of hydrogen-bond donors (Lipinski definition) is 0. The number of ether oxygens (including phenoxy) is 1. The molecule has 0 fully saturated rings. The number of rotatable bonds is 5. The second kappa shape index (κ2) is 4.82. The fourth-order valence-corrected chi connectivity index (χ4v) is 0.764. The second-order valence-electron chi connectivity index (χ2n) is 4.10. The van der Waals surface area contributed by atoms with Crippen molar-refractivity contribution in [2.45, 2.75) is 46.8 Å². The third-order valence-electron chi connectivity index (χ3n) is 2.08. The minimum absolute atomic E-state index is 0.0409. The number of ketones is 1. The predicted octanol–water partition coefficient (Wildman–Crippen LogP) is 2.87. The molecule has 0 N–H and O–H groups in total. The molecule has 0 amide bonds. The van der Waals surface area contributed by atoms with Crippen LogP contribution in [0.2, 0.25) is 0 Å². The van der Waals surface area contributed by atoms with Crippen molar-refractivity contribution in [3.05, 3.63) is 0 Å². The van der Waals surface area contributed by atoms with Crippen LogP contribution in [0.25, 0.3) is 0 Å². The van der Waals surface area contributed by atoms with E-state index < -0.39 is 23.9 Å². The maximum Gasteiger partial charge on any atom is 0.416 e. The lowest BCUT2D eigenvalue weighted by Crippen LogP contribution is -2.39. The van der Waals surface area contributed by atoms with Gasteiger partial charge in [0, 0.05) is 5.92 Å². The summed E-state index contributed by atoms with van der Waals surface area (Å²) in [7, 11) is 0. The zero-order valence-electron chi connectivity index (χ0n) is 9.30. The van der Waals surface area contributed by atoms with Gasteiger partial charge in [-0.05, 0) is 12.8 Å². The summed E-state index contributed by atoms with van der Waals surface area (Å²) in [5.41, 5.74) is 0. The summed E-state index contributed by atoms with van der Waals surface area (Å²) in [5.74, 6) is -1.92. The first-order chi connectivity index (χ1) is 6.18. The molecule has 84 valence electrons. The molecule has 0 saturated heterocycles. The Morgan fingerprint density at radius 3 is 1.86 bits per heavy atom. The molecule has 14 heavy (non-hydrogen) atoms. The first-order valence-corrected chi connectivity index (χ1v) is 4.78. The average molecular weight is 208 g/mol. The zero-order chi connectivity index (χ0) is 11.5. The fourth-order valence-electron chi connectivity index (χ4n) is 0.764. The molecule has 0 aromatic heterocycles. The van der Waals surface area contributed by atoms with E-state index in [4.69, 9.17) is 0 Å². The summed E-state index contributed by atoms with van der Waals surface area (Å²) in [5, 5.41) is 0. The minimum atomic E-state index is -3.65. The lowest BCUT2D eigenvalue weighted by Gasteiger charge is -2.24. The molecule has 4 heteroatoms. The quantitative estimate of drug-likeness (QED) is 0.694. The van der Waals surface area contributed by atoms with Crippen LogP contribution in [0.3, 0.4) is 0 Å². The van der Waals surface area contributed by atoms with E-state index in [2.05, 4.69) is 4.74 Å². The Morgan fingerprint density at radius 2 is 1.57 bits per heavy atom. The highest BCUT2D eigenvalue weighted by Crippen LogP contribution is 2.24. The normalized spacial score (nSPS) is 14.9. The van der Waals surface area contributed by atoms with Gasteiger partial charge < -0.3 is 4.74 Å². The van der Waals surface area contributed by atoms with Crippen LogP contribution < -0.4 is 0 Å². The van der Waals surface area contributed by atoms with E-state index in [1.54, 1.807) is 13.8 Å². The van der Waals surface area contributed by atoms with E-state index in [1.165, 1.54) is 20.8 Å². The Morgan fingerprint density at radius 1 is 1.14 bits per heavy atom. The predicted molar refractivity (Wildman–Crippen MR) is 50.2 cm³/mol. The van der Waals surface area contributed by atoms with Gasteiger partial charge in [0.2, 0.25) is 5.78 Å². The molecule has 0 rings (SSSR count). The third-order valence-corrected chi connectivity index (χ3v) is 2.08. The number of hydrogen-bond acceptors (Lipinski definition) is 2. The van der Waals surface area contributed by atoms with Gasteiger partial charge in [-0.3, -0.25) is 4.79 Å². The van der Waals surface area contributed by atoms with Crippen molar-refractivity contribution < 1.29 is 18.3 Å². The van der Waals surface area contributed by atoms with Crippen molar-refractivity contribution in [2.75, 3.05) is 0 Å². The molecular weight excluding hydrogens is 190 g/mol. The van der Waals surface area contributed by atoms with Crippen molar-refractivity contribution >= 4 is 5.78 Å². The Labute approximate surface area is 83.6 Å². The van der Waals surface area contributed by atoms with Crippen LogP contribution >= 0.6 is 0 Å². The van der Waals surface area contributed by atoms with E-state index in [0.717, 1.165) is 0 Å². The van der Waals surface area contributed by atoms with E-state index in [0.29, 0.717) is 0 Å². The van der Waals surface area contributed by atoms with Gasteiger partial charge in [-0.15, -0.1) is 0 Å². The van der Waals surface area contributed by atoms with Crippen LogP contribution in [-0.2, 0) is 9.53 Å². The topological polar surface area (TPSA) is 26.3 Å². The minimum Gasteiger partial charge on any atom is -0.311 e. The van der Waals surface area contributed by atoms with Gasteiger partial charge in [-0.1, -0.05) is 27.7 Å². The maximum atomic E-state index is 13.1. The van der Waals surface area contributed by atoms with Crippen LogP contribution in [0, 0.1) is 11.8 Å². The highest BCUT2D eigenvalue weighted by molar-refractivity contribution is 5.85. The highest BCUT2D eigenvalue weighted by atomic mass is 19.3. The summed E-state index contributed by atoms with van der Waals surface area (Å²) in [6.07, 6.45) is -4.29. The van der Waals surface area contributed by atoms with Crippen LogP contribution in [0.15, 0.2) is 0 Å². The smallest absolute Gasteiger partial charge is 0.311 e. The van der Waals surface area contributed by atoms with Gasteiger partial charge in [0.1, 0.15) is 0 Å². The summed E-state index contributed by atoms with van der Waals surface area (Å²) in [4.78, 5) is 11.0. The lowest BCUT2D eigenvalue weighted by molar-refractivity contribution is -0.253. The summed E-state index contributed by atoms with van der Waals surface area (Å²) >= 11 is 0. The van der Waals surface area contributed by atoms with Crippen molar-refractivity contribution in [1.29, 1.82) is 0 Å². The molecular formula is C10H18F2O2. The third kappa shape index (κ3) is 3.70. The second-order valence-corrected chi connectivity index (χ2v) is 4.10. The van der Waals surface area contributed by atoms with Gasteiger partial charge in [-0.25, -0.2) is 0 Å². The molecule has 0 spiro atoms. The molecule has 0 aliphatic heterocycles. The standard InChI is InChI=1S/C10H18F2O2/c1-6(2)8(5)14-10(11,12)9(13)7(3)4/h6-8H,1-5H3/t8-/m0/s1. The van der Waals surface area contributed by atoms with Gasteiger partial charge >= 0.3 is 6.11 Å². The zero-order valence-corrected chi connectivity index (χ0v) is 9.30. The molecule has 0 radical (unpaired) electrons. The first kappa shape index (κ1) is 13.5. The van der Waals surface area contributed by atoms with Crippen molar-refractivity contribution in [3.8, 4) is 0 Å². The fraction of sp³-hybridized carbons (Fsp3) is 0.900. The van der Waals surface area contributed by atoms with Crippen LogP contribution in [-0.4, -0.2) is 18.0 Å². The van der Waals surface area contributed by atoms with Crippen molar-refractivity contribution in [2.24, 2.45) is 11.8 Å². The van der Waals surface area contributed by atoms with Crippen LogP contribution in [0.4, 0.5) is 8.78 Å². The molecule has 0 unspecified atom stereocenters. The Bertz CT molecular complexity index is 200. The number of carbonyl (C=O) groups excluding carboxylic acids is 1. The van der Waals surface area contributed by atoms with Gasteiger partial charge in [0.25, 0.3) is 0 Å². The molecule has 0 aliphatic carbocycles. The molecule has 1 atom stereocenters. The number of Topliss-reactive ketones (excluding diaryl/α,β-unsaturated/α-hetero) is 1. The Hall–Kier alpha value is -0.510. The summed E-state index contributed by atoms with van der Waals surface area (Å²) in [6.45, 7) is 7.92. The van der Waals surface area contributed by atoms with E-state index in [1.807, 2.05) is 0 Å². The van der Waals surface area contributed by atoms with Gasteiger partial charge in [-0.2, -0.15) is 8.78 Å². The molecule has 2 nitrogen and oxygen atoms in total. The number of halogens is 2. The van der Waals surface area contributed by atoms with E-state index in [-0.39, 0.29) is 5.92 Å². The number of carbonyl (C=O) groups is 1. The monoisotopic (exact) mass is 208 g/mol. The highest BCUT2D eigenvalue weighted by Gasteiger charge is 2.43. The largest absolute Gasteiger partial charge is 0.416 e. The summed E-state index contributed by atoms with van der Waals surface area (Å²) < 4.78 is 30.7. The Balaban J connectivity index is 4.41. The molecule has 0 heterocycles.